The van der Waals surface area contributed by atoms with Gasteiger partial charge >= 0.3 is 0 Å². The van der Waals surface area contributed by atoms with Crippen LogP contribution in [0.1, 0.15) is 31.6 Å². The lowest BCUT2D eigenvalue weighted by Gasteiger charge is -2.35. The van der Waals surface area contributed by atoms with Crippen LogP contribution in [0.4, 0.5) is 0 Å². The minimum absolute atomic E-state index is 0.533. The summed E-state index contributed by atoms with van der Waals surface area (Å²) in [5.74, 6) is 0. The van der Waals surface area contributed by atoms with Crippen LogP contribution < -0.4 is 0 Å². The number of aromatic nitrogens is 2. The Morgan fingerprint density at radius 1 is 1.65 bits per heavy atom. The average Bonchev–Trinajstić information content (AvgIpc) is 2.86. The molecular formula is C12H17N3O2. The summed E-state index contributed by atoms with van der Waals surface area (Å²) in [6, 6.07) is 2.29. The summed E-state index contributed by atoms with van der Waals surface area (Å²) in [4.78, 5) is 4.04. The normalized spacial score (nSPS) is 20.8. The van der Waals surface area contributed by atoms with Gasteiger partial charge in [-0.1, -0.05) is 0 Å². The lowest BCUT2D eigenvalue weighted by atomic mass is 9.75. The number of hydrogen-bond acceptors (Lipinski definition) is 4. The average molecular weight is 235 g/mol. The van der Waals surface area contributed by atoms with E-state index in [-0.39, 0.29) is 0 Å². The number of aliphatic hydroxyl groups excluding tert-OH is 1. The summed E-state index contributed by atoms with van der Waals surface area (Å²) in [6.07, 6.45) is 3.67. The molecule has 1 aliphatic rings. The molecule has 0 aliphatic carbocycles. The second-order valence-electron chi connectivity index (χ2n) is 4.39. The van der Waals surface area contributed by atoms with Gasteiger partial charge in [0, 0.05) is 19.8 Å². The van der Waals surface area contributed by atoms with Gasteiger partial charge in [-0.3, -0.25) is 0 Å². The van der Waals surface area contributed by atoms with Gasteiger partial charge < -0.3 is 14.4 Å². The molecule has 1 atom stereocenters. The van der Waals surface area contributed by atoms with E-state index in [9.17, 15) is 10.4 Å². The molecule has 1 unspecified atom stereocenters. The van der Waals surface area contributed by atoms with E-state index < -0.39 is 11.5 Å². The van der Waals surface area contributed by atoms with Gasteiger partial charge in [0.15, 0.2) is 0 Å². The SMILES string of the molecule is CCn1cncc1C(O)C1(C#N)CCOCC1. The van der Waals surface area contributed by atoms with Crippen LogP contribution >= 0.6 is 0 Å². The Hall–Kier alpha value is -1.38. The molecule has 1 N–H and O–H groups in total. The van der Waals surface area contributed by atoms with Crippen LogP contribution in [-0.4, -0.2) is 27.9 Å². The Kier molecular flexibility index (Phi) is 3.46. The van der Waals surface area contributed by atoms with E-state index in [1.165, 1.54) is 0 Å². The molecule has 1 fully saturated rings. The van der Waals surface area contributed by atoms with Crippen molar-refractivity contribution in [3.05, 3.63) is 18.2 Å². The molecular weight excluding hydrogens is 218 g/mol. The van der Waals surface area contributed by atoms with E-state index in [0.717, 1.165) is 12.2 Å². The number of hydrogen-bond donors (Lipinski definition) is 1. The van der Waals surface area contributed by atoms with Crippen molar-refractivity contribution in [2.75, 3.05) is 13.2 Å². The highest BCUT2D eigenvalue weighted by Crippen LogP contribution is 2.41. The first-order valence-corrected chi connectivity index (χ1v) is 5.90. The molecule has 92 valence electrons. The van der Waals surface area contributed by atoms with Crippen molar-refractivity contribution >= 4 is 0 Å². The molecule has 0 bridgehead atoms. The zero-order chi connectivity index (χ0) is 12.3. The van der Waals surface area contributed by atoms with E-state index in [4.69, 9.17) is 4.74 Å². The number of imidazole rings is 1. The molecule has 1 aromatic heterocycles. The van der Waals surface area contributed by atoms with Gasteiger partial charge in [-0.25, -0.2) is 4.98 Å². The Morgan fingerprint density at radius 2 is 2.35 bits per heavy atom. The summed E-state index contributed by atoms with van der Waals surface area (Å²) in [7, 11) is 0. The fourth-order valence-corrected chi connectivity index (χ4v) is 2.29. The first kappa shape index (κ1) is 12.1. The highest BCUT2D eigenvalue weighted by atomic mass is 16.5. The summed E-state index contributed by atoms with van der Waals surface area (Å²) < 4.78 is 7.14. The number of aryl methyl sites for hydroxylation is 1. The summed E-state index contributed by atoms with van der Waals surface area (Å²) in [5, 5.41) is 19.8. The minimum Gasteiger partial charge on any atom is -0.385 e. The lowest BCUT2D eigenvalue weighted by molar-refractivity contribution is -0.0339. The quantitative estimate of drug-likeness (QED) is 0.856. The zero-order valence-corrected chi connectivity index (χ0v) is 9.96. The Labute approximate surface area is 101 Å². The predicted octanol–water partition coefficient (Wildman–Crippen LogP) is 1.26. The van der Waals surface area contributed by atoms with E-state index in [0.29, 0.717) is 26.1 Å². The maximum atomic E-state index is 10.5. The molecule has 1 saturated heterocycles. The molecule has 1 aliphatic heterocycles. The molecule has 2 heterocycles. The smallest absolute Gasteiger partial charge is 0.114 e. The molecule has 0 aromatic carbocycles. The van der Waals surface area contributed by atoms with Crippen molar-refractivity contribution in [3.8, 4) is 6.07 Å². The van der Waals surface area contributed by atoms with Crippen molar-refractivity contribution in [1.82, 2.24) is 9.55 Å². The second-order valence-corrected chi connectivity index (χ2v) is 4.39. The number of nitriles is 1. The molecule has 0 spiro atoms. The van der Waals surface area contributed by atoms with Crippen molar-refractivity contribution < 1.29 is 9.84 Å². The summed E-state index contributed by atoms with van der Waals surface area (Å²) in [6.45, 7) is 3.79. The van der Waals surface area contributed by atoms with Gasteiger partial charge in [0.05, 0.1) is 29.7 Å². The predicted molar refractivity (Wildman–Crippen MR) is 61.0 cm³/mol. The zero-order valence-electron chi connectivity index (χ0n) is 9.96. The van der Waals surface area contributed by atoms with Gasteiger partial charge in [0.2, 0.25) is 0 Å². The van der Waals surface area contributed by atoms with Gasteiger partial charge in [-0.05, 0) is 19.8 Å². The molecule has 0 radical (unpaired) electrons. The Morgan fingerprint density at radius 3 is 2.94 bits per heavy atom. The molecule has 5 nitrogen and oxygen atoms in total. The van der Waals surface area contributed by atoms with Gasteiger partial charge in [0.1, 0.15) is 6.10 Å². The Balaban J connectivity index is 2.29. The van der Waals surface area contributed by atoms with Crippen molar-refractivity contribution in [3.63, 3.8) is 0 Å². The first-order chi connectivity index (χ1) is 8.23. The van der Waals surface area contributed by atoms with Crippen molar-refractivity contribution in [2.45, 2.75) is 32.4 Å². The van der Waals surface area contributed by atoms with Gasteiger partial charge in [0.25, 0.3) is 0 Å². The van der Waals surface area contributed by atoms with Crippen LogP contribution in [0.3, 0.4) is 0 Å². The molecule has 2 rings (SSSR count). The molecule has 17 heavy (non-hydrogen) atoms. The Bertz CT molecular complexity index is 416. The summed E-state index contributed by atoms with van der Waals surface area (Å²) >= 11 is 0. The largest absolute Gasteiger partial charge is 0.385 e. The molecule has 1 aromatic rings. The third kappa shape index (κ3) is 2.06. The summed E-state index contributed by atoms with van der Waals surface area (Å²) in [5.41, 5.74) is -0.0125. The molecule has 5 heteroatoms. The number of aliphatic hydroxyl groups is 1. The topological polar surface area (TPSA) is 71.1 Å². The van der Waals surface area contributed by atoms with Gasteiger partial charge in [-0.2, -0.15) is 5.26 Å². The van der Waals surface area contributed by atoms with E-state index in [2.05, 4.69) is 11.1 Å². The second kappa shape index (κ2) is 4.86. The van der Waals surface area contributed by atoms with Crippen LogP contribution in [0.2, 0.25) is 0 Å². The molecule has 0 saturated carbocycles. The maximum absolute atomic E-state index is 10.5. The number of nitrogens with zero attached hydrogens (tertiary/aromatic N) is 3. The molecule has 0 amide bonds. The fraction of sp³-hybridized carbons (Fsp3) is 0.667. The number of ether oxygens (including phenoxy) is 1. The lowest BCUT2D eigenvalue weighted by Crippen LogP contribution is -2.35. The maximum Gasteiger partial charge on any atom is 0.114 e. The highest BCUT2D eigenvalue weighted by Gasteiger charge is 2.42. The highest BCUT2D eigenvalue weighted by molar-refractivity contribution is 5.15. The van der Waals surface area contributed by atoms with E-state index in [1.807, 2.05) is 11.5 Å². The van der Waals surface area contributed by atoms with Crippen LogP contribution in [0.15, 0.2) is 12.5 Å². The van der Waals surface area contributed by atoms with Crippen LogP contribution in [0.25, 0.3) is 0 Å². The van der Waals surface area contributed by atoms with Gasteiger partial charge in [-0.15, -0.1) is 0 Å². The monoisotopic (exact) mass is 235 g/mol. The van der Waals surface area contributed by atoms with Crippen molar-refractivity contribution in [1.29, 1.82) is 5.26 Å². The first-order valence-electron chi connectivity index (χ1n) is 5.90. The third-order valence-electron chi connectivity index (χ3n) is 3.50. The number of rotatable bonds is 3. The van der Waals surface area contributed by atoms with Crippen LogP contribution in [0, 0.1) is 16.7 Å². The van der Waals surface area contributed by atoms with Crippen LogP contribution in [-0.2, 0) is 11.3 Å². The van der Waals surface area contributed by atoms with E-state index in [1.54, 1.807) is 12.5 Å². The van der Waals surface area contributed by atoms with Crippen LogP contribution in [0.5, 0.6) is 0 Å². The van der Waals surface area contributed by atoms with Crippen molar-refractivity contribution in [2.24, 2.45) is 5.41 Å². The fourth-order valence-electron chi connectivity index (χ4n) is 2.29. The van der Waals surface area contributed by atoms with E-state index >= 15 is 0 Å². The third-order valence-corrected chi connectivity index (χ3v) is 3.50. The standard InChI is InChI=1S/C12H17N3O2/c1-2-15-9-14-7-10(15)11(16)12(8-13)3-5-17-6-4-12/h7,9,11,16H,2-6H2,1H3. The minimum atomic E-state index is -0.793.